The molecule has 3 aromatic rings. The Morgan fingerprint density at radius 2 is 2.11 bits per heavy atom. The van der Waals surface area contributed by atoms with Gasteiger partial charge >= 0.3 is 0 Å². The Balaban J connectivity index is 1.77. The number of fused-ring (bicyclic) bond motifs is 1. The van der Waals surface area contributed by atoms with Gasteiger partial charge in [0.15, 0.2) is 0 Å². The lowest BCUT2D eigenvalue weighted by Crippen LogP contribution is -2.24. The summed E-state index contributed by atoms with van der Waals surface area (Å²) >= 11 is 0. The third-order valence-electron chi connectivity index (χ3n) is 2.71. The molecule has 0 unspecified atom stereocenters. The molecule has 0 aliphatic rings. The average molecular weight is 253 g/mol. The monoisotopic (exact) mass is 253 g/mol. The van der Waals surface area contributed by atoms with Crippen LogP contribution in [0.5, 0.6) is 0 Å². The van der Waals surface area contributed by atoms with Crippen LogP contribution in [0.2, 0.25) is 0 Å². The summed E-state index contributed by atoms with van der Waals surface area (Å²) in [5.74, 6) is 0.372. The molecule has 0 bridgehead atoms. The quantitative estimate of drug-likeness (QED) is 0.736. The summed E-state index contributed by atoms with van der Waals surface area (Å²) < 4.78 is 0. The van der Waals surface area contributed by atoms with E-state index in [0.29, 0.717) is 18.1 Å². The highest BCUT2D eigenvalue weighted by molar-refractivity contribution is 5.94. The molecule has 0 saturated carbocycles. The summed E-state index contributed by atoms with van der Waals surface area (Å²) in [6.07, 6.45) is 1.40. The molecule has 0 fully saturated rings. The maximum atomic E-state index is 11.9. The molecule has 2 aromatic heterocycles. The summed E-state index contributed by atoms with van der Waals surface area (Å²) in [5.41, 5.74) is 1.19. The molecule has 0 radical (unpaired) electrons. The normalized spacial score (nSPS) is 10.5. The molecule has 0 aliphatic heterocycles. The van der Waals surface area contributed by atoms with E-state index in [1.807, 2.05) is 30.3 Å². The van der Waals surface area contributed by atoms with Crippen LogP contribution in [0, 0.1) is 0 Å². The van der Waals surface area contributed by atoms with Crippen molar-refractivity contribution >= 4 is 16.8 Å². The van der Waals surface area contributed by atoms with E-state index in [4.69, 9.17) is 0 Å². The third kappa shape index (κ3) is 2.42. The number of nitrogens with one attached hydrogen (secondary N) is 2. The van der Waals surface area contributed by atoms with Crippen LogP contribution in [0.25, 0.3) is 10.9 Å². The maximum Gasteiger partial charge on any atom is 0.270 e. The number of hydrogen-bond donors (Lipinski definition) is 2. The summed E-state index contributed by atoms with van der Waals surface area (Å²) in [6, 6.07) is 11.3. The van der Waals surface area contributed by atoms with Crippen LogP contribution in [0.4, 0.5) is 0 Å². The van der Waals surface area contributed by atoms with Crippen LogP contribution in [-0.2, 0) is 6.54 Å². The van der Waals surface area contributed by atoms with Gasteiger partial charge in [-0.1, -0.05) is 24.3 Å². The second-order valence-electron chi connectivity index (χ2n) is 4.00. The Morgan fingerprint density at radius 1 is 1.21 bits per heavy atom. The number of amides is 1. The molecule has 0 atom stereocenters. The largest absolute Gasteiger partial charge is 0.343 e. The number of hydrogen-bond acceptors (Lipinski definition) is 4. The smallest absolute Gasteiger partial charge is 0.270 e. The van der Waals surface area contributed by atoms with Crippen molar-refractivity contribution in [2.45, 2.75) is 6.54 Å². The first-order chi connectivity index (χ1) is 9.33. The number of para-hydroxylation sites is 1. The van der Waals surface area contributed by atoms with Crippen LogP contribution >= 0.6 is 0 Å². The minimum absolute atomic E-state index is 0.234. The molecule has 6 heteroatoms. The Bertz CT molecular complexity index is 708. The lowest BCUT2D eigenvalue weighted by molar-refractivity contribution is 0.0945. The number of nitrogens with zero attached hydrogens (tertiary/aromatic N) is 3. The van der Waals surface area contributed by atoms with E-state index in [1.54, 1.807) is 6.07 Å². The molecule has 6 nitrogen and oxygen atoms in total. The number of benzene rings is 1. The van der Waals surface area contributed by atoms with Gasteiger partial charge in [-0.25, -0.2) is 9.97 Å². The zero-order chi connectivity index (χ0) is 13.1. The van der Waals surface area contributed by atoms with Gasteiger partial charge in [0, 0.05) is 5.39 Å². The molecular weight excluding hydrogens is 242 g/mol. The zero-order valence-electron chi connectivity index (χ0n) is 10.00. The number of rotatable bonds is 3. The van der Waals surface area contributed by atoms with Crippen molar-refractivity contribution in [3.63, 3.8) is 0 Å². The summed E-state index contributed by atoms with van der Waals surface area (Å²) in [7, 11) is 0. The lowest BCUT2D eigenvalue weighted by atomic mass is 10.2. The molecule has 3 rings (SSSR count). The topological polar surface area (TPSA) is 83.6 Å². The van der Waals surface area contributed by atoms with Crippen molar-refractivity contribution in [2.75, 3.05) is 0 Å². The number of H-pyrrole nitrogens is 1. The van der Waals surface area contributed by atoms with Gasteiger partial charge in [-0.15, -0.1) is 0 Å². The van der Waals surface area contributed by atoms with E-state index in [2.05, 4.69) is 25.5 Å². The van der Waals surface area contributed by atoms with E-state index in [0.717, 1.165) is 10.9 Å². The summed E-state index contributed by atoms with van der Waals surface area (Å²) in [6.45, 7) is 0.299. The van der Waals surface area contributed by atoms with E-state index < -0.39 is 0 Å². The van der Waals surface area contributed by atoms with Crippen molar-refractivity contribution in [3.05, 3.63) is 54.2 Å². The highest BCUT2D eigenvalue weighted by Gasteiger charge is 2.08. The van der Waals surface area contributed by atoms with Crippen LogP contribution in [-0.4, -0.2) is 26.1 Å². The van der Waals surface area contributed by atoms with Gasteiger partial charge in [0.25, 0.3) is 5.91 Å². The highest BCUT2D eigenvalue weighted by Crippen LogP contribution is 2.11. The van der Waals surface area contributed by atoms with Crippen molar-refractivity contribution in [1.82, 2.24) is 25.5 Å². The van der Waals surface area contributed by atoms with Gasteiger partial charge in [-0.05, 0) is 12.1 Å². The Morgan fingerprint density at radius 3 is 2.95 bits per heavy atom. The molecule has 1 aromatic carbocycles. The van der Waals surface area contributed by atoms with Gasteiger partial charge in [0.1, 0.15) is 17.8 Å². The Labute approximate surface area is 108 Å². The molecule has 2 heterocycles. The van der Waals surface area contributed by atoms with E-state index in [-0.39, 0.29) is 5.91 Å². The predicted octanol–water partition coefficient (Wildman–Crippen LogP) is 1.28. The number of carbonyl (C=O) groups excluding carboxylic acids is 1. The minimum atomic E-state index is -0.234. The van der Waals surface area contributed by atoms with Crippen LogP contribution in [0.3, 0.4) is 0 Å². The first-order valence-corrected chi connectivity index (χ1v) is 5.81. The van der Waals surface area contributed by atoms with Crippen LogP contribution in [0.15, 0.2) is 42.7 Å². The van der Waals surface area contributed by atoms with Gasteiger partial charge in [-0.2, -0.15) is 5.10 Å². The number of carbonyl (C=O) groups is 1. The number of aromatic nitrogens is 4. The molecule has 0 saturated heterocycles. The fourth-order valence-electron chi connectivity index (χ4n) is 1.76. The highest BCUT2D eigenvalue weighted by atomic mass is 16.1. The SMILES string of the molecule is O=C(NCc1ncn[nH]1)c1ccc2ccccc2n1. The van der Waals surface area contributed by atoms with Crippen molar-refractivity contribution in [1.29, 1.82) is 0 Å². The standard InChI is InChI=1S/C13H11N5O/c19-13(14-7-12-15-8-16-18-12)11-6-5-9-3-1-2-4-10(9)17-11/h1-6,8H,7H2,(H,14,19)(H,15,16,18). The van der Waals surface area contributed by atoms with Crippen molar-refractivity contribution in [3.8, 4) is 0 Å². The predicted molar refractivity (Wildman–Crippen MR) is 69.3 cm³/mol. The second kappa shape index (κ2) is 4.85. The molecule has 94 valence electrons. The van der Waals surface area contributed by atoms with Gasteiger partial charge in [0.05, 0.1) is 12.1 Å². The molecular formula is C13H11N5O. The molecule has 0 spiro atoms. The fourth-order valence-corrected chi connectivity index (χ4v) is 1.76. The average Bonchev–Trinajstić information content (AvgIpc) is 2.97. The van der Waals surface area contributed by atoms with E-state index in [1.165, 1.54) is 6.33 Å². The van der Waals surface area contributed by atoms with Gasteiger partial charge < -0.3 is 5.32 Å². The van der Waals surface area contributed by atoms with E-state index in [9.17, 15) is 4.79 Å². The minimum Gasteiger partial charge on any atom is -0.343 e. The maximum absolute atomic E-state index is 11.9. The number of pyridine rings is 1. The summed E-state index contributed by atoms with van der Waals surface area (Å²) in [4.78, 5) is 20.2. The first-order valence-electron chi connectivity index (χ1n) is 5.81. The Kier molecular flexibility index (Phi) is 2.89. The lowest BCUT2D eigenvalue weighted by Gasteiger charge is -2.03. The summed E-state index contributed by atoms with van der Waals surface area (Å²) in [5, 5.41) is 10.1. The molecule has 0 aliphatic carbocycles. The van der Waals surface area contributed by atoms with Crippen molar-refractivity contribution < 1.29 is 4.79 Å². The molecule has 1 amide bonds. The third-order valence-corrected chi connectivity index (χ3v) is 2.71. The van der Waals surface area contributed by atoms with Crippen LogP contribution < -0.4 is 5.32 Å². The Hall–Kier alpha value is -2.76. The first kappa shape index (κ1) is 11.3. The van der Waals surface area contributed by atoms with Crippen molar-refractivity contribution in [2.24, 2.45) is 0 Å². The molecule has 19 heavy (non-hydrogen) atoms. The van der Waals surface area contributed by atoms with Crippen LogP contribution in [0.1, 0.15) is 16.3 Å². The van der Waals surface area contributed by atoms with E-state index >= 15 is 0 Å². The number of aromatic amines is 1. The van der Waals surface area contributed by atoms with Gasteiger partial charge in [-0.3, -0.25) is 9.89 Å². The molecule has 2 N–H and O–H groups in total. The fraction of sp³-hybridized carbons (Fsp3) is 0.0769. The zero-order valence-corrected chi connectivity index (χ0v) is 10.00. The second-order valence-corrected chi connectivity index (χ2v) is 4.00. The van der Waals surface area contributed by atoms with Gasteiger partial charge in [0.2, 0.25) is 0 Å².